The van der Waals surface area contributed by atoms with Crippen molar-refractivity contribution in [1.82, 2.24) is 9.80 Å². The first kappa shape index (κ1) is 35.6. The fourth-order valence-electron chi connectivity index (χ4n) is 3.79. The van der Waals surface area contributed by atoms with E-state index in [9.17, 15) is 0 Å². The van der Waals surface area contributed by atoms with E-state index in [4.69, 9.17) is 37.9 Å². The van der Waals surface area contributed by atoms with Gasteiger partial charge in [0.1, 0.15) is 0 Å². The lowest BCUT2D eigenvalue weighted by molar-refractivity contribution is -0.0287. The summed E-state index contributed by atoms with van der Waals surface area (Å²) in [5, 5.41) is 0. The second kappa shape index (κ2) is 24.9. The van der Waals surface area contributed by atoms with Crippen LogP contribution in [0.15, 0.2) is 0 Å². The van der Waals surface area contributed by atoms with Crippen LogP contribution < -0.4 is 0 Å². The molecule has 0 amide bonds. The van der Waals surface area contributed by atoms with Gasteiger partial charge in [0.15, 0.2) is 0 Å². The van der Waals surface area contributed by atoms with Crippen LogP contribution in [-0.4, -0.2) is 155 Å². The molecule has 0 aliphatic rings. The van der Waals surface area contributed by atoms with Gasteiger partial charge in [-0.25, -0.2) is 0 Å². The average Bonchev–Trinajstić information content (AvgIpc) is 2.83. The molecule has 0 aliphatic carbocycles. The highest BCUT2D eigenvalue weighted by Crippen LogP contribution is 2.06. The van der Waals surface area contributed by atoms with Crippen molar-refractivity contribution in [3.63, 3.8) is 0 Å². The third kappa shape index (κ3) is 21.7. The smallest absolute Gasteiger partial charge is 0.0704 e. The van der Waals surface area contributed by atoms with Gasteiger partial charge in [0.25, 0.3) is 0 Å². The lowest BCUT2D eigenvalue weighted by Gasteiger charge is -2.33. The molecule has 0 saturated heterocycles. The molecule has 36 heavy (non-hydrogen) atoms. The van der Waals surface area contributed by atoms with Crippen LogP contribution in [0, 0.1) is 0 Å². The van der Waals surface area contributed by atoms with Crippen molar-refractivity contribution in [3.8, 4) is 0 Å². The predicted octanol–water partition coefficient (Wildman–Crippen LogP) is 1.80. The monoisotopic (exact) mass is 524 g/mol. The first-order valence-corrected chi connectivity index (χ1v) is 13.2. The summed E-state index contributed by atoms with van der Waals surface area (Å²) >= 11 is 0. The minimum absolute atomic E-state index is 0.0902. The molecule has 0 aromatic carbocycles. The van der Waals surface area contributed by atoms with E-state index in [-0.39, 0.29) is 24.4 Å². The highest BCUT2D eigenvalue weighted by atomic mass is 16.5. The molecular formula is C26H56N2O8. The zero-order valence-electron chi connectivity index (χ0n) is 24.4. The molecule has 10 heteroatoms. The molecule has 0 spiro atoms. The van der Waals surface area contributed by atoms with E-state index in [0.29, 0.717) is 52.9 Å². The third-order valence-electron chi connectivity index (χ3n) is 5.55. The summed E-state index contributed by atoms with van der Waals surface area (Å²) in [4.78, 5) is 4.82. The Morgan fingerprint density at radius 1 is 0.389 bits per heavy atom. The largest absolute Gasteiger partial charge is 0.382 e. The molecule has 0 aliphatic heterocycles. The maximum atomic E-state index is 5.93. The van der Waals surface area contributed by atoms with Gasteiger partial charge in [0.05, 0.1) is 77.3 Å². The van der Waals surface area contributed by atoms with Gasteiger partial charge in [0.2, 0.25) is 0 Å². The van der Waals surface area contributed by atoms with Crippen LogP contribution in [0.1, 0.15) is 27.7 Å². The minimum atomic E-state index is 0.0902. The van der Waals surface area contributed by atoms with E-state index in [0.717, 1.165) is 39.3 Å². The first-order valence-electron chi connectivity index (χ1n) is 13.2. The molecule has 0 fully saturated rings. The number of hydrogen-bond donors (Lipinski definition) is 0. The van der Waals surface area contributed by atoms with Gasteiger partial charge in [-0.15, -0.1) is 0 Å². The zero-order chi connectivity index (χ0) is 27.0. The Hall–Kier alpha value is -0.400. The number of ether oxygens (including phenoxy) is 8. The second-order valence-electron chi connectivity index (χ2n) is 9.22. The van der Waals surface area contributed by atoms with Crippen LogP contribution in [0.3, 0.4) is 0 Å². The fourth-order valence-corrected chi connectivity index (χ4v) is 3.79. The van der Waals surface area contributed by atoms with E-state index < -0.39 is 0 Å². The third-order valence-corrected chi connectivity index (χ3v) is 5.55. The molecule has 4 unspecified atom stereocenters. The van der Waals surface area contributed by atoms with Crippen molar-refractivity contribution < 1.29 is 37.9 Å². The lowest BCUT2D eigenvalue weighted by atomic mass is 10.2. The maximum absolute atomic E-state index is 5.93. The van der Waals surface area contributed by atoms with Crippen molar-refractivity contribution in [1.29, 1.82) is 0 Å². The first-order chi connectivity index (χ1) is 17.4. The van der Waals surface area contributed by atoms with Gasteiger partial charge in [0, 0.05) is 67.7 Å². The topological polar surface area (TPSA) is 80.3 Å². The van der Waals surface area contributed by atoms with Crippen molar-refractivity contribution in [3.05, 3.63) is 0 Å². The number of nitrogens with zero attached hydrogens (tertiary/aromatic N) is 2. The molecule has 4 atom stereocenters. The van der Waals surface area contributed by atoms with E-state index in [1.807, 2.05) is 0 Å². The lowest BCUT2D eigenvalue weighted by Crippen LogP contribution is -2.46. The van der Waals surface area contributed by atoms with E-state index in [1.54, 1.807) is 28.4 Å². The molecule has 0 aromatic heterocycles. The highest BCUT2D eigenvalue weighted by Gasteiger charge is 2.19. The summed E-state index contributed by atoms with van der Waals surface area (Å²) in [7, 11) is 6.75. The van der Waals surface area contributed by atoms with E-state index in [2.05, 4.69) is 37.5 Å². The standard InChI is InChI=1S/C26H56N2O8/c1-23(33-15-11-29-5)19-27(20-24(2)34-16-12-30-6)9-10-28(21-25(3)35-17-13-31-7)22-26(4)36-18-14-32-8/h23-26H,9-22H2,1-8H3. The Labute approximate surface area is 220 Å². The molecule has 0 radical (unpaired) electrons. The van der Waals surface area contributed by atoms with Gasteiger partial charge < -0.3 is 37.9 Å². The van der Waals surface area contributed by atoms with E-state index in [1.165, 1.54) is 0 Å². The van der Waals surface area contributed by atoms with Crippen molar-refractivity contribution >= 4 is 0 Å². The summed E-state index contributed by atoms with van der Waals surface area (Å²) in [5.41, 5.74) is 0. The van der Waals surface area contributed by atoms with Gasteiger partial charge in [-0.05, 0) is 27.7 Å². The number of hydrogen-bond acceptors (Lipinski definition) is 10. The molecule has 0 heterocycles. The summed E-state index contributed by atoms with van der Waals surface area (Å²) in [5.74, 6) is 0. The predicted molar refractivity (Wildman–Crippen MR) is 142 cm³/mol. The van der Waals surface area contributed by atoms with Crippen LogP contribution in [-0.2, 0) is 37.9 Å². The van der Waals surface area contributed by atoms with E-state index >= 15 is 0 Å². The maximum Gasteiger partial charge on any atom is 0.0704 e. The minimum Gasteiger partial charge on any atom is -0.382 e. The SMILES string of the molecule is COCCOC(C)CN(CCN(CC(C)OCCOC)CC(C)OCCOC)CC(C)OCCOC. The Morgan fingerprint density at radius 2 is 0.611 bits per heavy atom. The Balaban J connectivity index is 5.06. The van der Waals surface area contributed by atoms with Crippen LogP contribution in [0.5, 0.6) is 0 Å². The summed E-state index contributed by atoms with van der Waals surface area (Å²) < 4.78 is 44.2. The van der Waals surface area contributed by atoms with Crippen LogP contribution in [0.2, 0.25) is 0 Å². The van der Waals surface area contributed by atoms with Gasteiger partial charge in [-0.2, -0.15) is 0 Å². The Kier molecular flexibility index (Phi) is 24.6. The quantitative estimate of drug-likeness (QED) is 0.148. The molecular weight excluding hydrogens is 468 g/mol. The van der Waals surface area contributed by atoms with Crippen molar-refractivity contribution in [2.75, 3.05) is 121 Å². The molecule has 0 aromatic rings. The normalized spacial score (nSPS) is 15.5. The number of methoxy groups -OCH3 is 4. The molecule has 0 N–H and O–H groups in total. The zero-order valence-corrected chi connectivity index (χ0v) is 24.4. The summed E-state index contributed by atoms with van der Waals surface area (Å²) in [6.07, 6.45) is 0.361. The molecule has 218 valence electrons. The van der Waals surface area contributed by atoms with Crippen LogP contribution >= 0.6 is 0 Å². The summed E-state index contributed by atoms with van der Waals surface area (Å²) in [6, 6.07) is 0. The second-order valence-corrected chi connectivity index (χ2v) is 9.22. The van der Waals surface area contributed by atoms with Crippen LogP contribution in [0.4, 0.5) is 0 Å². The Morgan fingerprint density at radius 3 is 0.806 bits per heavy atom. The summed E-state index contributed by atoms with van der Waals surface area (Å²) in [6.45, 7) is 18.2. The molecule has 0 bridgehead atoms. The van der Waals surface area contributed by atoms with Gasteiger partial charge >= 0.3 is 0 Å². The highest BCUT2D eigenvalue weighted by molar-refractivity contribution is 4.72. The molecule has 10 nitrogen and oxygen atoms in total. The Bertz CT molecular complexity index is 388. The van der Waals surface area contributed by atoms with Crippen LogP contribution in [0.25, 0.3) is 0 Å². The van der Waals surface area contributed by atoms with Crippen molar-refractivity contribution in [2.24, 2.45) is 0 Å². The number of rotatable bonds is 27. The van der Waals surface area contributed by atoms with Crippen molar-refractivity contribution in [2.45, 2.75) is 52.1 Å². The van der Waals surface area contributed by atoms with Gasteiger partial charge in [-0.1, -0.05) is 0 Å². The molecule has 0 saturated carbocycles. The average molecular weight is 525 g/mol. The van der Waals surface area contributed by atoms with Gasteiger partial charge in [-0.3, -0.25) is 9.80 Å². The fraction of sp³-hybridized carbons (Fsp3) is 1.00. The molecule has 0 rings (SSSR count).